The molecule has 1 N–H and O–H groups in total. The van der Waals surface area contributed by atoms with Gasteiger partial charge in [-0.3, -0.25) is 23.9 Å². The van der Waals surface area contributed by atoms with Crippen LogP contribution in [-0.4, -0.2) is 48.9 Å². The zero-order valence-electron chi connectivity index (χ0n) is 20.3. The molecule has 4 aromatic rings. The van der Waals surface area contributed by atoms with Gasteiger partial charge in [-0.05, 0) is 62.7 Å². The van der Waals surface area contributed by atoms with Crippen LogP contribution in [0.25, 0.3) is 5.82 Å². The first-order chi connectivity index (χ1) is 17.9. The van der Waals surface area contributed by atoms with Crippen molar-refractivity contribution >= 4 is 23.4 Å². The number of imidazole rings is 1. The van der Waals surface area contributed by atoms with Crippen molar-refractivity contribution in [2.24, 2.45) is 0 Å². The SMILES string of the molecule is Cc1ncn(-c2ccc(Oc3ccc(NC(=O)CCCN4C(=O)c5ccccc5C4=O)cc3)nn2)c1C. The van der Waals surface area contributed by atoms with E-state index in [1.807, 2.05) is 18.4 Å². The summed E-state index contributed by atoms with van der Waals surface area (Å²) in [5, 5.41) is 11.1. The molecule has 1 aliphatic heterocycles. The maximum absolute atomic E-state index is 12.4. The lowest BCUT2D eigenvalue weighted by Gasteiger charge is -2.13. The molecule has 0 fully saturated rings. The summed E-state index contributed by atoms with van der Waals surface area (Å²) in [6, 6.07) is 17.1. The van der Waals surface area contributed by atoms with E-state index in [1.165, 1.54) is 4.90 Å². The van der Waals surface area contributed by atoms with E-state index in [-0.39, 0.29) is 30.7 Å². The molecule has 0 radical (unpaired) electrons. The van der Waals surface area contributed by atoms with Crippen molar-refractivity contribution in [3.8, 4) is 17.4 Å². The number of rotatable bonds is 8. The number of nitrogens with zero attached hydrogens (tertiary/aromatic N) is 5. The van der Waals surface area contributed by atoms with Crippen LogP contribution in [0.1, 0.15) is 44.9 Å². The number of hydrogen-bond donors (Lipinski definition) is 1. The van der Waals surface area contributed by atoms with Gasteiger partial charge in [0.2, 0.25) is 11.8 Å². The molecule has 2 aromatic heterocycles. The molecule has 0 saturated heterocycles. The van der Waals surface area contributed by atoms with Gasteiger partial charge in [-0.15, -0.1) is 10.2 Å². The molecule has 37 heavy (non-hydrogen) atoms. The van der Waals surface area contributed by atoms with Gasteiger partial charge < -0.3 is 10.1 Å². The summed E-state index contributed by atoms with van der Waals surface area (Å²) < 4.78 is 7.60. The number of carbonyl (C=O) groups excluding carboxylic acids is 3. The van der Waals surface area contributed by atoms with E-state index in [2.05, 4.69) is 20.5 Å². The summed E-state index contributed by atoms with van der Waals surface area (Å²) in [6.07, 6.45) is 2.24. The smallest absolute Gasteiger partial charge is 0.261 e. The van der Waals surface area contributed by atoms with Gasteiger partial charge in [0, 0.05) is 30.4 Å². The topological polar surface area (TPSA) is 119 Å². The van der Waals surface area contributed by atoms with E-state index < -0.39 is 0 Å². The Morgan fingerprint density at radius 2 is 1.62 bits per heavy atom. The Bertz CT molecular complexity index is 1440. The molecule has 0 bridgehead atoms. The lowest BCUT2D eigenvalue weighted by molar-refractivity contribution is -0.116. The van der Waals surface area contributed by atoms with Gasteiger partial charge in [0.25, 0.3) is 11.8 Å². The van der Waals surface area contributed by atoms with Crippen molar-refractivity contribution in [1.29, 1.82) is 0 Å². The van der Waals surface area contributed by atoms with Gasteiger partial charge in [0.15, 0.2) is 5.82 Å². The minimum absolute atomic E-state index is 0.170. The second-order valence-electron chi connectivity index (χ2n) is 8.60. The first-order valence-corrected chi connectivity index (χ1v) is 11.8. The summed E-state index contributed by atoms with van der Waals surface area (Å²) in [7, 11) is 0. The molecule has 10 heteroatoms. The molecule has 2 aromatic carbocycles. The monoisotopic (exact) mass is 496 g/mol. The number of ether oxygens (including phenoxy) is 1. The highest BCUT2D eigenvalue weighted by molar-refractivity contribution is 6.21. The Morgan fingerprint density at radius 3 is 2.22 bits per heavy atom. The van der Waals surface area contributed by atoms with Crippen molar-refractivity contribution in [1.82, 2.24) is 24.6 Å². The summed E-state index contributed by atoms with van der Waals surface area (Å²) in [5.41, 5.74) is 3.33. The first-order valence-electron chi connectivity index (χ1n) is 11.8. The fourth-order valence-corrected chi connectivity index (χ4v) is 4.02. The number of carbonyl (C=O) groups is 3. The highest BCUT2D eigenvalue weighted by atomic mass is 16.5. The molecule has 10 nitrogen and oxygen atoms in total. The molecule has 0 aliphatic carbocycles. The molecule has 0 saturated carbocycles. The van der Waals surface area contributed by atoms with Crippen LogP contribution in [0.15, 0.2) is 67.0 Å². The number of fused-ring (bicyclic) bond motifs is 1. The van der Waals surface area contributed by atoms with Crippen LogP contribution in [0.2, 0.25) is 0 Å². The van der Waals surface area contributed by atoms with E-state index in [9.17, 15) is 14.4 Å². The normalized spacial score (nSPS) is 12.5. The van der Waals surface area contributed by atoms with E-state index >= 15 is 0 Å². The fourth-order valence-electron chi connectivity index (χ4n) is 4.02. The second-order valence-corrected chi connectivity index (χ2v) is 8.60. The lowest BCUT2D eigenvalue weighted by atomic mass is 10.1. The van der Waals surface area contributed by atoms with E-state index in [4.69, 9.17) is 4.74 Å². The number of nitrogens with one attached hydrogen (secondary N) is 1. The molecule has 3 amide bonds. The Labute approximate surface area is 212 Å². The number of aromatic nitrogens is 4. The molecule has 0 unspecified atom stereocenters. The molecule has 1 aliphatic rings. The fraction of sp³-hybridized carbons (Fsp3) is 0.185. The highest BCUT2D eigenvalue weighted by Gasteiger charge is 2.34. The summed E-state index contributed by atoms with van der Waals surface area (Å²) >= 11 is 0. The summed E-state index contributed by atoms with van der Waals surface area (Å²) in [6.45, 7) is 4.08. The van der Waals surface area contributed by atoms with Gasteiger partial charge >= 0.3 is 0 Å². The molecule has 3 heterocycles. The number of aryl methyl sites for hydroxylation is 1. The number of hydrogen-bond acceptors (Lipinski definition) is 7. The zero-order chi connectivity index (χ0) is 25.9. The third-order valence-corrected chi connectivity index (χ3v) is 6.15. The summed E-state index contributed by atoms with van der Waals surface area (Å²) in [4.78, 5) is 42.6. The number of anilines is 1. The Balaban J connectivity index is 1.10. The number of amides is 3. The predicted molar refractivity (Wildman–Crippen MR) is 135 cm³/mol. The average molecular weight is 497 g/mol. The highest BCUT2D eigenvalue weighted by Crippen LogP contribution is 2.24. The quantitative estimate of drug-likeness (QED) is 0.365. The molecular weight excluding hydrogens is 472 g/mol. The summed E-state index contributed by atoms with van der Waals surface area (Å²) in [5.74, 6) is 0.678. The average Bonchev–Trinajstić information content (AvgIpc) is 3.37. The van der Waals surface area contributed by atoms with Crippen LogP contribution in [0.4, 0.5) is 5.69 Å². The lowest BCUT2D eigenvalue weighted by Crippen LogP contribution is -2.31. The Morgan fingerprint density at radius 1 is 0.919 bits per heavy atom. The van der Waals surface area contributed by atoms with Crippen LogP contribution in [0, 0.1) is 13.8 Å². The van der Waals surface area contributed by atoms with Crippen molar-refractivity contribution in [3.63, 3.8) is 0 Å². The van der Waals surface area contributed by atoms with Gasteiger partial charge in [-0.25, -0.2) is 4.98 Å². The Hall–Kier alpha value is -4.86. The maximum atomic E-state index is 12.4. The minimum Gasteiger partial charge on any atom is -0.438 e. The van der Waals surface area contributed by atoms with Gasteiger partial charge in [0.1, 0.15) is 12.1 Å². The first kappa shape index (κ1) is 23.9. The second kappa shape index (κ2) is 10.0. The van der Waals surface area contributed by atoms with Gasteiger partial charge in [-0.2, -0.15) is 0 Å². The van der Waals surface area contributed by atoms with E-state index in [0.717, 1.165) is 11.4 Å². The Kier molecular flexibility index (Phi) is 6.46. The van der Waals surface area contributed by atoms with Gasteiger partial charge in [-0.1, -0.05) is 12.1 Å². The molecular formula is C27H24N6O4. The third-order valence-electron chi connectivity index (χ3n) is 6.15. The number of imide groups is 1. The molecule has 5 rings (SSSR count). The standard InChI is InChI=1S/C27H24N6O4/c1-17-18(2)33(16-28-17)23-13-14-25(31-30-23)37-20-11-9-19(10-12-20)29-24(34)8-5-15-32-26(35)21-6-3-4-7-22(21)27(32)36/h3-4,6-7,9-14,16H,5,8,15H2,1-2H3,(H,29,34). The van der Waals surface area contributed by atoms with Gasteiger partial charge in [0.05, 0.1) is 16.8 Å². The third kappa shape index (κ3) is 4.94. The van der Waals surface area contributed by atoms with Crippen LogP contribution >= 0.6 is 0 Å². The van der Waals surface area contributed by atoms with Crippen LogP contribution < -0.4 is 10.1 Å². The zero-order valence-corrected chi connectivity index (χ0v) is 20.3. The molecule has 0 atom stereocenters. The predicted octanol–water partition coefficient (Wildman–Crippen LogP) is 4.09. The largest absolute Gasteiger partial charge is 0.438 e. The van der Waals surface area contributed by atoms with Crippen molar-refractivity contribution in [2.75, 3.05) is 11.9 Å². The van der Waals surface area contributed by atoms with Crippen molar-refractivity contribution in [2.45, 2.75) is 26.7 Å². The van der Waals surface area contributed by atoms with Crippen LogP contribution in [0.5, 0.6) is 11.6 Å². The van der Waals surface area contributed by atoms with Crippen molar-refractivity contribution < 1.29 is 19.1 Å². The van der Waals surface area contributed by atoms with E-state index in [1.54, 1.807) is 67.0 Å². The minimum atomic E-state index is -0.317. The maximum Gasteiger partial charge on any atom is 0.261 e. The van der Waals surface area contributed by atoms with Crippen molar-refractivity contribution in [3.05, 3.63) is 89.5 Å². The number of benzene rings is 2. The van der Waals surface area contributed by atoms with Crippen LogP contribution in [-0.2, 0) is 4.79 Å². The van der Waals surface area contributed by atoms with E-state index in [0.29, 0.717) is 40.7 Å². The molecule has 0 spiro atoms. The molecule has 186 valence electrons. The van der Waals surface area contributed by atoms with Crippen LogP contribution in [0.3, 0.4) is 0 Å².